The van der Waals surface area contributed by atoms with Gasteiger partial charge in [-0.05, 0) is 20.0 Å². The molecular weight excluding hydrogens is 226 g/mol. The van der Waals surface area contributed by atoms with Crippen LogP contribution in [0.5, 0.6) is 0 Å². The van der Waals surface area contributed by atoms with E-state index < -0.39 is 0 Å². The highest BCUT2D eigenvalue weighted by Gasteiger charge is 2.10. The predicted octanol–water partition coefficient (Wildman–Crippen LogP) is 1.37. The smallest absolute Gasteiger partial charge is 0.158 e. The molecule has 0 amide bonds. The summed E-state index contributed by atoms with van der Waals surface area (Å²) in [6, 6.07) is 1.98. The number of nitrogens with zero attached hydrogens (tertiary/aromatic N) is 5. The Bertz CT molecular complexity index is 391. The molecule has 1 rings (SSSR count). The minimum Gasteiger partial charge on any atom is -0.354 e. The van der Waals surface area contributed by atoms with Crippen LogP contribution < -0.4 is 4.90 Å². The molecule has 5 nitrogen and oxygen atoms in total. The SMILES string of the molecule is CC(C)CN(CCN(C)C)c1cnc(C#N)cn1. The summed E-state index contributed by atoms with van der Waals surface area (Å²) in [5.74, 6) is 1.40. The monoisotopic (exact) mass is 247 g/mol. The Morgan fingerprint density at radius 1 is 1.22 bits per heavy atom. The molecule has 0 unspecified atom stereocenters. The van der Waals surface area contributed by atoms with Crippen LogP contribution in [0.25, 0.3) is 0 Å². The molecule has 18 heavy (non-hydrogen) atoms. The Morgan fingerprint density at radius 3 is 2.39 bits per heavy atom. The lowest BCUT2D eigenvalue weighted by molar-refractivity contribution is 0.408. The van der Waals surface area contributed by atoms with Gasteiger partial charge in [0.15, 0.2) is 5.69 Å². The summed E-state index contributed by atoms with van der Waals surface area (Å²) in [6.45, 7) is 7.17. The summed E-state index contributed by atoms with van der Waals surface area (Å²) in [5, 5.41) is 8.72. The number of rotatable bonds is 6. The van der Waals surface area contributed by atoms with E-state index in [0.29, 0.717) is 11.6 Å². The molecule has 0 saturated heterocycles. The van der Waals surface area contributed by atoms with Crippen LogP contribution in [-0.2, 0) is 0 Å². The van der Waals surface area contributed by atoms with Gasteiger partial charge in [0.05, 0.1) is 12.4 Å². The van der Waals surface area contributed by atoms with E-state index in [-0.39, 0.29) is 0 Å². The molecule has 1 aromatic heterocycles. The van der Waals surface area contributed by atoms with Crippen LogP contribution in [0, 0.1) is 17.2 Å². The van der Waals surface area contributed by atoms with Crippen molar-refractivity contribution in [3.05, 3.63) is 18.1 Å². The van der Waals surface area contributed by atoms with Gasteiger partial charge >= 0.3 is 0 Å². The molecule has 5 heteroatoms. The fraction of sp³-hybridized carbons (Fsp3) is 0.615. The highest BCUT2D eigenvalue weighted by Crippen LogP contribution is 2.11. The molecule has 0 aromatic carbocycles. The van der Waals surface area contributed by atoms with E-state index in [1.165, 1.54) is 6.20 Å². The molecule has 0 fully saturated rings. The maximum atomic E-state index is 8.72. The fourth-order valence-corrected chi connectivity index (χ4v) is 1.60. The molecule has 1 heterocycles. The lowest BCUT2D eigenvalue weighted by Gasteiger charge is -2.26. The summed E-state index contributed by atoms with van der Waals surface area (Å²) in [5.41, 5.74) is 0.357. The van der Waals surface area contributed by atoms with Gasteiger partial charge in [-0.3, -0.25) is 0 Å². The Morgan fingerprint density at radius 2 is 1.94 bits per heavy atom. The Balaban J connectivity index is 2.77. The van der Waals surface area contributed by atoms with Crippen molar-refractivity contribution in [3.63, 3.8) is 0 Å². The maximum Gasteiger partial charge on any atom is 0.158 e. The van der Waals surface area contributed by atoms with E-state index in [9.17, 15) is 0 Å². The van der Waals surface area contributed by atoms with E-state index in [2.05, 4.69) is 47.7 Å². The van der Waals surface area contributed by atoms with Gasteiger partial charge in [-0.25, -0.2) is 9.97 Å². The van der Waals surface area contributed by atoms with Crippen molar-refractivity contribution in [3.8, 4) is 6.07 Å². The van der Waals surface area contributed by atoms with Crippen LogP contribution in [0.2, 0.25) is 0 Å². The maximum absolute atomic E-state index is 8.72. The van der Waals surface area contributed by atoms with Crippen LogP contribution in [-0.4, -0.2) is 48.6 Å². The predicted molar refractivity (Wildman–Crippen MR) is 72.4 cm³/mol. The number of aromatic nitrogens is 2. The largest absolute Gasteiger partial charge is 0.354 e. The van der Waals surface area contributed by atoms with Gasteiger partial charge in [-0.2, -0.15) is 5.26 Å². The van der Waals surface area contributed by atoms with Gasteiger partial charge in [-0.1, -0.05) is 13.8 Å². The topological polar surface area (TPSA) is 56.0 Å². The molecule has 0 bridgehead atoms. The Hall–Kier alpha value is -1.67. The molecule has 0 spiro atoms. The van der Waals surface area contributed by atoms with E-state index in [1.54, 1.807) is 6.20 Å². The normalized spacial score (nSPS) is 10.7. The number of hydrogen-bond acceptors (Lipinski definition) is 5. The first-order chi connectivity index (χ1) is 8.52. The Labute approximate surface area is 109 Å². The molecule has 0 saturated carbocycles. The summed E-state index contributed by atoms with van der Waals surface area (Å²) >= 11 is 0. The van der Waals surface area contributed by atoms with Crippen molar-refractivity contribution in [1.82, 2.24) is 14.9 Å². The minimum atomic E-state index is 0.357. The zero-order valence-corrected chi connectivity index (χ0v) is 11.6. The number of hydrogen-bond donors (Lipinski definition) is 0. The van der Waals surface area contributed by atoms with Gasteiger partial charge in [-0.15, -0.1) is 0 Å². The second kappa shape index (κ2) is 6.92. The second-order valence-corrected chi connectivity index (χ2v) is 5.01. The van der Waals surface area contributed by atoms with Gasteiger partial charge in [0, 0.05) is 19.6 Å². The minimum absolute atomic E-state index is 0.357. The van der Waals surface area contributed by atoms with E-state index in [1.807, 2.05) is 6.07 Å². The van der Waals surface area contributed by atoms with Gasteiger partial charge in [0.25, 0.3) is 0 Å². The summed E-state index contributed by atoms with van der Waals surface area (Å²) in [6.07, 6.45) is 3.20. The van der Waals surface area contributed by atoms with Crippen molar-refractivity contribution in [2.45, 2.75) is 13.8 Å². The molecule has 0 aliphatic rings. The highest BCUT2D eigenvalue weighted by atomic mass is 15.2. The third-order valence-electron chi connectivity index (χ3n) is 2.48. The molecular formula is C13H21N5. The van der Waals surface area contributed by atoms with Crippen molar-refractivity contribution in [2.24, 2.45) is 5.92 Å². The van der Waals surface area contributed by atoms with Crippen LogP contribution in [0.3, 0.4) is 0 Å². The van der Waals surface area contributed by atoms with Crippen molar-refractivity contribution in [1.29, 1.82) is 5.26 Å². The van der Waals surface area contributed by atoms with E-state index in [4.69, 9.17) is 5.26 Å². The quantitative estimate of drug-likeness (QED) is 0.760. The molecule has 0 atom stereocenters. The second-order valence-electron chi connectivity index (χ2n) is 5.01. The van der Waals surface area contributed by atoms with Gasteiger partial charge in [0.2, 0.25) is 0 Å². The number of likely N-dealkylation sites (N-methyl/N-ethyl adjacent to an activating group) is 1. The van der Waals surface area contributed by atoms with Crippen molar-refractivity contribution < 1.29 is 0 Å². The molecule has 1 aromatic rings. The van der Waals surface area contributed by atoms with Crippen molar-refractivity contribution in [2.75, 3.05) is 38.6 Å². The lowest BCUT2D eigenvalue weighted by atomic mass is 10.2. The van der Waals surface area contributed by atoms with E-state index in [0.717, 1.165) is 25.5 Å². The average Bonchev–Trinajstić information content (AvgIpc) is 2.34. The van der Waals surface area contributed by atoms with Crippen LogP contribution >= 0.6 is 0 Å². The van der Waals surface area contributed by atoms with Gasteiger partial charge in [0.1, 0.15) is 11.9 Å². The summed E-state index contributed by atoms with van der Waals surface area (Å²) < 4.78 is 0. The number of anilines is 1. The first-order valence-electron chi connectivity index (χ1n) is 6.14. The first kappa shape index (κ1) is 14.4. The molecule has 0 aliphatic carbocycles. The van der Waals surface area contributed by atoms with Crippen LogP contribution in [0.1, 0.15) is 19.5 Å². The first-order valence-corrected chi connectivity index (χ1v) is 6.14. The zero-order valence-electron chi connectivity index (χ0n) is 11.6. The zero-order chi connectivity index (χ0) is 13.5. The summed E-state index contributed by atoms with van der Waals surface area (Å²) in [7, 11) is 4.11. The van der Waals surface area contributed by atoms with Crippen molar-refractivity contribution >= 4 is 5.82 Å². The molecule has 0 N–H and O–H groups in total. The van der Waals surface area contributed by atoms with E-state index >= 15 is 0 Å². The highest BCUT2D eigenvalue weighted by molar-refractivity contribution is 5.37. The standard InChI is InChI=1S/C13H21N5/c1-11(2)10-18(6-5-17(3)4)13-9-15-12(7-14)8-16-13/h8-9,11H,5-6,10H2,1-4H3. The van der Waals surface area contributed by atoms with Crippen LogP contribution in [0.4, 0.5) is 5.82 Å². The van der Waals surface area contributed by atoms with Gasteiger partial charge < -0.3 is 9.80 Å². The Kier molecular flexibility index (Phi) is 5.53. The fourth-order valence-electron chi connectivity index (χ4n) is 1.60. The van der Waals surface area contributed by atoms with Crippen LogP contribution in [0.15, 0.2) is 12.4 Å². The molecule has 98 valence electrons. The molecule has 0 aliphatic heterocycles. The lowest BCUT2D eigenvalue weighted by Crippen LogP contribution is -2.35. The molecule has 0 radical (unpaired) electrons. The third-order valence-corrected chi connectivity index (χ3v) is 2.48. The summed E-state index contributed by atoms with van der Waals surface area (Å²) in [4.78, 5) is 12.7. The third kappa shape index (κ3) is 4.68. The average molecular weight is 247 g/mol. The number of nitriles is 1.